The van der Waals surface area contributed by atoms with E-state index in [2.05, 4.69) is 15.9 Å². The third kappa shape index (κ3) is 3.17. The zero-order valence-corrected chi connectivity index (χ0v) is 11.1. The number of aliphatic hydroxyl groups is 2. The molecule has 16 heavy (non-hydrogen) atoms. The highest BCUT2D eigenvalue weighted by atomic mass is 79.9. The van der Waals surface area contributed by atoms with E-state index in [0.717, 1.165) is 0 Å². The van der Waals surface area contributed by atoms with Crippen LogP contribution in [-0.2, 0) is 0 Å². The number of aryl methyl sites for hydroxylation is 1. The number of hydrogen-bond acceptors (Lipinski definition) is 2. The number of alkyl halides is 1. The summed E-state index contributed by atoms with van der Waals surface area (Å²) in [5.74, 6) is -0.553. The maximum absolute atomic E-state index is 13.5. The minimum atomic E-state index is -1.25. The molecule has 5 heteroatoms. The smallest absolute Gasteiger partial charge is 0.129 e. The SMILES string of the molecule is Cc1cc(F)c(C(O)C(O)CCBr)cc1Cl. The van der Waals surface area contributed by atoms with Gasteiger partial charge in [0.1, 0.15) is 11.9 Å². The van der Waals surface area contributed by atoms with E-state index >= 15 is 0 Å². The van der Waals surface area contributed by atoms with Gasteiger partial charge in [0.15, 0.2) is 0 Å². The molecule has 2 unspecified atom stereocenters. The van der Waals surface area contributed by atoms with Gasteiger partial charge in [0.05, 0.1) is 6.10 Å². The number of hydrogen-bond donors (Lipinski definition) is 2. The standard InChI is InChI=1S/C11H13BrClFO2/c1-6-4-9(14)7(5-8(6)13)11(16)10(15)2-3-12/h4-5,10-11,15-16H,2-3H2,1H3. The molecule has 2 N–H and O–H groups in total. The number of aliphatic hydroxyl groups excluding tert-OH is 2. The highest BCUT2D eigenvalue weighted by molar-refractivity contribution is 9.09. The first-order valence-electron chi connectivity index (χ1n) is 4.85. The van der Waals surface area contributed by atoms with E-state index in [1.54, 1.807) is 6.92 Å². The lowest BCUT2D eigenvalue weighted by Crippen LogP contribution is -2.19. The monoisotopic (exact) mass is 310 g/mol. The van der Waals surface area contributed by atoms with Crippen molar-refractivity contribution in [2.75, 3.05) is 5.33 Å². The fraction of sp³-hybridized carbons (Fsp3) is 0.455. The largest absolute Gasteiger partial charge is 0.390 e. The topological polar surface area (TPSA) is 40.5 Å². The van der Waals surface area contributed by atoms with Crippen LogP contribution in [0.3, 0.4) is 0 Å². The molecule has 1 aromatic carbocycles. The molecule has 0 aromatic heterocycles. The van der Waals surface area contributed by atoms with Crippen molar-refractivity contribution in [3.05, 3.63) is 34.1 Å². The molecule has 1 aromatic rings. The van der Waals surface area contributed by atoms with Crippen LogP contribution < -0.4 is 0 Å². The van der Waals surface area contributed by atoms with E-state index in [-0.39, 0.29) is 5.56 Å². The molecule has 2 atom stereocenters. The Balaban J connectivity index is 2.99. The fourth-order valence-corrected chi connectivity index (χ4v) is 2.01. The summed E-state index contributed by atoms with van der Waals surface area (Å²) in [6.07, 6.45) is -1.92. The average molecular weight is 312 g/mol. The van der Waals surface area contributed by atoms with Crippen molar-refractivity contribution < 1.29 is 14.6 Å². The van der Waals surface area contributed by atoms with Gasteiger partial charge in [-0.25, -0.2) is 4.39 Å². The Morgan fingerprint density at radius 1 is 1.44 bits per heavy atom. The second kappa shape index (κ2) is 5.96. The van der Waals surface area contributed by atoms with Crippen LogP contribution in [0.25, 0.3) is 0 Å². The summed E-state index contributed by atoms with van der Waals surface area (Å²) in [6, 6.07) is 2.61. The van der Waals surface area contributed by atoms with E-state index in [9.17, 15) is 14.6 Å². The first kappa shape index (κ1) is 13.9. The lowest BCUT2D eigenvalue weighted by molar-refractivity contribution is 0.0153. The minimum absolute atomic E-state index is 0.0315. The molecule has 0 fully saturated rings. The van der Waals surface area contributed by atoms with Crippen molar-refractivity contribution in [2.45, 2.75) is 25.6 Å². The summed E-state index contributed by atoms with van der Waals surface area (Å²) in [6.45, 7) is 1.68. The molecular weight excluding hydrogens is 298 g/mol. The highest BCUT2D eigenvalue weighted by Crippen LogP contribution is 2.27. The summed E-state index contributed by atoms with van der Waals surface area (Å²) in [4.78, 5) is 0. The highest BCUT2D eigenvalue weighted by Gasteiger charge is 2.21. The lowest BCUT2D eigenvalue weighted by Gasteiger charge is -2.18. The quantitative estimate of drug-likeness (QED) is 0.839. The normalized spacial score (nSPS) is 14.9. The van der Waals surface area contributed by atoms with Crippen LogP contribution in [0.15, 0.2) is 12.1 Å². The predicted molar refractivity (Wildman–Crippen MR) is 65.5 cm³/mol. The molecule has 2 nitrogen and oxygen atoms in total. The van der Waals surface area contributed by atoms with Crippen molar-refractivity contribution in [3.8, 4) is 0 Å². The summed E-state index contributed by atoms with van der Waals surface area (Å²) in [5.41, 5.74) is 0.633. The van der Waals surface area contributed by atoms with Gasteiger partial charge in [0.25, 0.3) is 0 Å². The third-order valence-electron chi connectivity index (χ3n) is 2.37. The summed E-state index contributed by atoms with van der Waals surface area (Å²) in [7, 11) is 0. The molecule has 0 saturated heterocycles. The van der Waals surface area contributed by atoms with Crippen LogP contribution in [0.4, 0.5) is 4.39 Å². The van der Waals surface area contributed by atoms with Gasteiger partial charge >= 0.3 is 0 Å². The van der Waals surface area contributed by atoms with Crippen molar-refractivity contribution in [1.82, 2.24) is 0 Å². The minimum Gasteiger partial charge on any atom is -0.390 e. The van der Waals surface area contributed by atoms with Gasteiger partial charge in [-0.1, -0.05) is 27.5 Å². The van der Waals surface area contributed by atoms with Crippen LogP contribution in [0.5, 0.6) is 0 Å². The molecule has 90 valence electrons. The van der Waals surface area contributed by atoms with Crippen LogP contribution in [0.1, 0.15) is 23.7 Å². The molecule has 0 heterocycles. The fourth-order valence-electron chi connectivity index (χ4n) is 1.37. The maximum atomic E-state index is 13.5. The van der Waals surface area contributed by atoms with Crippen molar-refractivity contribution in [2.24, 2.45) is 0 Å². The van der Waals surface area contributed by atoms with Crippen LogP contribution >= 0.6 is 27.5 Å². The van der Waals surface area contributed by atoms with Gasteiger partial charge in [0.2, 0.25) is 0 Å². The average Bonchev–Trinajstić information content (AvgIpc) is 2.23. The Labute approximate surface area is 107 Å². The van der Waals surface area contributed by atoms with Gasteiger partial charge in [-0.3, -0.25) is 0 Å². The molecule has 0 aliphatic heterocycles. The van der Waals surface area contributed by atoms with E-state index < -0.39 is 18.0 Å². The first-order chi connectivity index (χ1) is 7.47. The van der Waals surface area contributed by atoms with Crippen molar-refractivity contribution in [3.63, 3.8) is 0 Å². The summed E-state index contributed by atoms with van der Waals surface area (Å²) < 4.78 is 13.5. The molecule has 0 saturated carbocycles. The molecule has 0 bridgehead atoms. The Bertz CT molecular complexity index is 373. The lowest BCUT2D eigenvalue weighted by atomic mass is 10.0. The third-order valence-corrected chi connectivity index (χ3v) is 3.23. The molecule has 0 amide bonds. The number of halogens is 3. The predicted octanol–water partition coefficient (Wildman–Crippen LogP) is 2.97. The Morgan fingerprint density at radius 3 is 2.62 bits per heavy atom. The Morgan fingerprint density at radius 2 is 2.06 bits per heavy atom. The maximum Gasteiger partial charge on any atom is 0.129 e. The van der Waals surface area contributed by atoms with Gasteiger partial charge in [-0.2, -0.15) is 0 Å². The molecule has 0 aliphatic carbocycles. The second-order valence-electron chi connectivity index (χ2n) is 3.61. The van der Waals surface area contributed by atoms with Gasteiger partial charge in [-0.15, -0.1) is 0 Å². The van der Waals surface area contributed by atoms with E-state index in [1.165, 1.54) is 12.1 Å². The van der Waals surface area contributed by atoms with Crippen LogP contribution in [0.2, 0.25) is 5.02 Å². The summed E-state index contributed by atoms with van der Waals surface area (Å²) >= 11 is 8.99. The Hall–Kier alpha value is -0.160. The summed E-state index contributed by atoms with van der Waals surface area (Å²) in [5, 5.41) is 20.2. The van der Waals surface area contributed by atoms with Crippen LogP contribution in [0, 0.1) is 12.7 Å². The molecule has 0 spiro atoms. The van der Waals surface area contributed by atoms with E-state index in [4.69, 9.17) is 11.6 Å². The zero-order chi connectivity index (χ0) is 12.3. The van der Waals surface area contributed by atoms with E-state index in [1.807, 2.05) is 0 Å². The van der Waals surface area contributed by atoms with Crippen molar-refractivity contribution >= 4 is 27.5 Å². The molecule has 0 radical (unpaired) electrons. The number of benzene rings is 1. The zero-order valence-electron chi connectivity index (χ0n) is 8.75. The number of rotatable bonds is 4. The molecular formula is C11H13BrClFO2. The van der Waals surface area contributed by atoms with Crippen molar-refractivity contribution in [1.29, 1.82) is 0 Å². The Kier molecular flexibility index (Phi) is 5.18. The van der Waals surface area contributed by atoms with E-state index in [0.29, 0.717) is 22.3 Å². The van der Waals surface area contributed by atoms with Gasteiger partial charge < -0.3 is 10.2 Å². The molecule has 0 aliphatic rings. The first-order valence-corrected chi connectivity index (χ1v) is 6.35. The van der Waals surface area contributed by atoms with Crippen LogP contribution in [-0.4, -0.2) is 21.6 Å². The molecule has 1 rings (SSSR count). The second-order valence-corrected chi connectivity index (χ2v) is 4.81. The van der Waals surface area contributed by atoms with Gasteiger partial charge in [0, 0.05) is 15.9 Å². The van der Waals surface area contributed by atoms with Gasteiger partial charge in [-0.05, 0) is 31.0 Å².